The Bertz CT molecular complexity index is 859. The number of carbonyl (C=O) groups excluding carboxylic acids is 1. The highest BCUT2D eigenvalue weighted by Gasteiger charge is 2.19. The summed E-state index contributed by atoms with van der Waals surface area (Å²) < 4.78 is 10.8. The molecule has 2 aromatic carbocycles. The number of furan rings is 1. The largest absolute Gasteiger partial charge is 0.508 e. The lowest BCUT2D eigenvalue weighted by molar-refractivity contribution is 0.121. The summed E-state index contributed by atoms with van der Waals surface area (Å²) >= 11 is 6.11. The molecule has 0 unspecified atom stereocenters. The molecule has 6 heteroatoms. The van der Waals surface area contributed by atoms with Gasteiger partial charge in [-0.05, 0) is 36.8 Å². The Kier molecular flexibility index (Phi) is 4.95. The van der Waals surface area contributed by atoms with Crippen LogP contribution in [0.3, 0.4) is 0 Å². The summed E-state index contributed by atoms with van der Waals surface area (Å²) in [6, 6.07) is 15.8. The van der Waals surface area contributed by atoms with Gasteiger partial charge >= 0.3 is 6.09 Å². The van der Waals surface area contributed by atoms with Gasteiger partial charge in [0.1, 0.15) is 28.8 Å². The molecule has 5 nitrogen and oxygen atoms in total. The minimum atomic E-state index is -0.639. The van der Waals surface area contributed by atoms with Gasteiger partial charge in [-0.2, -0.15) is 0 Å². The Morgan fingerprint density at radius 3 is 2.52 bits per heavy atom. The van der Waals surface area contributed by atoms with Crippen LogP contribution in [0.1, 0.15) is 18.6 Å². The molecule has 0 bridgehead atoms. The van der Waals surface area contributed by atoms with Crippen molar-refractivity contribution in [3.05, 3.63) is 71.4 Å². The average molecular weight is 358 g/mol. The van der Waals surface area contributed by atoms with Crippen molar-refractivity contribution in [2.75, 3.05) is 5.32 Å². The first-order valence-corrected chi connectivity index (χ1v) is 8.01. The van der Waals surface area contributed by atoms with Crippen LogP contribution >= 0.6 is 11.6 Å². The van der Waals surface area contributed by atoms with E-state index in [9.17, 15) is 9.90 Å². The van der Waals surface area contributed by atoms with Crippen LogP contribution in [0.4, 0.5) is 10.5 Å². The van der Waals surface area contributed by atoms with Gasteiger partial charge in [0.05, 0.1) is 0 Å². The zero-order chi connectivity index (χ0) is 17.8. The summed E-state index contributed by atoms with van der Waals surface area (Å²) in [7, 11) is 0. The van der Waals surface area contributed by atoms with E-state index in [-0.39, 0.29) is 10.8 Å². The molecule has 0 aliphatic heterocycles. The van der Waals surface area contributed by atoms with Crippen LogP contribution in [0, 0.1) is 0 Å². The molecule has 0 saturated carbocycles. The number of benzene rings is 2. The van der Waals surface area contributed by atoms with Gasteiger partial charge in [-0.15, -0.1) is 0 Å². The van der Waals surface area contributed by atoms with Crippen LogP contribution in [0.5, 0.6) is 5.75 Å². The third-order valence-corrected chi connectivity index (χ3v) is 3.93. The number of anilines is 1. The monoisotopic (exact) mass is 357 g/mol. The lowest BCUT2D eigenvalue weighted by Crippen LogP contribution is -2.16. The Morgan fingerprint density at radius 1 is 1.16 bits per heavy atom. The fourth-order valence-corrected chi connectivity index (χ4v) is 2.54. The standard InChI is InChI=1S/C19H16ClNO4/c1-12(13-5-3-2-4-6-13)25-19(23)21-17-16(20)11-24-18(17)14-7-9-15(22)10-8-14/h2-12,22H,1H3,(H,21,23)/t12-/m1/s1. The first-order valence-electron chi connectivity index (χ1n) is 7.63. The van der Waals surface area contributed by atoms with E-state index in [1.807, 2.05) is 30.3 Å². The Balaban J connectivity index is 1.75. The van der Waals surface area contributed by atoms with E-state index in [2.05, 4.69) is 5.32 Å². The zero-order valence-electron chi connectivity index (χ0n) is 13.4. The SMILES string of the molecule is C[C@@H](OC(=O)Nc1c(Cl)coc1-c1ccc(O)cc1)c1ccccc1. The van der Waals surface area contributed by atoms with Crippen molar-refractivity contribution >= 4 is 23.4 Å². The van der Waals surface area contributed by atoms with Crippen LogP contribution in [-0.2, 0) is 4.74 Å². The van der Waals surface area contributed by atoms with Gasteiger partial charge in [0.15, 0.2) is 5.76 Å². The summed E-state index contributed by atoms with van der Waals surface area (Å²) in [4.78, 5) is 12.2. The van der Waals surface area contributed by atoms with E-state index in [1.165, 1.54) is 18.4 Å². The van der Waals surface area contributed by atoms with Gasteiger partial charge in [0, 0.05) is 5.56 Å². The summed E-state index contributed by atoms with van der Waals surface area (Å²) in [5.74, 6) is 0.515. The summed E-state index contributed by atoms with van der Waals surface area (Å²) in [5.41, 5.74) is 1.86. The molecule has 0 fully saturated rings. The fourth-order valence-electron chi connectivity index (χ4n) is 2.36. The van der Waals surface area contributed by atoms with Gasteiger partial charge in [0.25, 0.3) is 0 Å². The van der Waals surface area contributed by atoms with E-state index >= 15 is 0 Å². The van der Waals surface area contributed by atoms with Crippen molar-refractivity contribution in [3.8, 4) is 17.1 Å². The second kappa shape index (κ2) is 7.32. The lowest BCUT2D eigenvalue weighted by atomic mass is 10.1. The van der Waals surface area contributed by atoms with Crippen molar-refractivity contribution in [1.29, 1.82) is 0 Å². The van der Waals surface area contributed by atoms with Gasteiger partial charge in [-0.1, -0.05) is 41.9 Å². The highest BCUT2D eigenvalue weighted by Crippen LogP contribution is 2.37. The lowest BCUT2D eigenvalue weighted by Gasteiger charge is -2.14. The molecular weight excluding hydrogens is 342 g/mol. The third-order valence-electron chi connectivity index (χ3n) is 3.66. The molecule has 1 aromatic heterocycles. The number of nitrogens with one attached hydrogen (secondary N) is 1. The molecule has 3 rings (SSSR count). The Morgan fingerprint density at radius 2 is 1.84 bits per heavy atom. The van der Waals surface area contributed by atoms with E-state index < -0.39 is 12.2 Å². The summed E-state index contributed by atoms with van der Waals surface area (Å²) in [6.45, 7) is 1.78. The minimum Gasteiger partial charge on any atom is -0.508 e. The number of rotatable bonds is 4. The predicted molar refractivity (Wildman–Crippen MR) is 95.8 cm³/mol. The number of carbonyl (C=O) groups is 1. The van der Waals surface area contributed by atoms with Crippen LogP contribution in [0.15, 0.2) is 65.3 Å². The molecule has 1 heterocycles. The van der Waals surface area contributed by atoms with Crippen molar-refractivity contribution < 1.29 is 19.1 Å². The number of aromatic hydroxyl groups is 1. The number of hydrogen-bond acceptors (Lipinski definition) is 4. The smallest absolute Gasteiger partial charge is 0.412 e. The Labute approximate surface area is 149 Å². The number of amides is 1. The maximum Gasteiger partial charge on any atom is 0.412 e. The zero-order valence-corrected chi connectivity index (χ0v) is 14.2. The van der Waals surface area contributed by atoms with Crippen molar-refractivity contribution in [2.24, 2.45) is 0 Å². The Hall–Kier alpha value is -2.92. The maximum absolute atomic E-state index is 12.2. The van der Waals surface area contributed by atoms with Gasteiger partial charge in [0.2, 0.25) is 0 Å². The molecule has 1 amide bonds. The van der Waals surface area contributed by atoms with Gasteiger partial charge in [-0.3, -0.25) is 5.32 Å². The number of phenols is 1. The second-order valence-electron chi connectivity index (χ2n) is 5.42. The molecule has 0 saturated heterocycles. The predicted octanol–water partition coefficient (Wildman–Crippen LogP) is 5.62. The van der Waals surface area contributed by atoms with Crippen molar-refractivity contribution in [2.45, 2.75) is 13.0 Å². The average Bonchev–Trinajstić information content (AvgIpc) is 2.97. The van der Waals surface area contributed by atoms with Crippen LogP contribution in [-0.4, -0.2) is 11.2 Å². The van der Waals surface area contributed by atoms with Gasteiger partial charge in [-0.25, -0.2) is 4.79 Å². The normalized spacial score (nSPS) is 11.8. The van der Waals surface area contributed by atoms with Crippen molar-refractivity contribution in [1.82, 2.24) is 0 Å². The first kappa shape index (κ1) is 16.9. The first-order chi connectivity index (χ1) is 12.0. The molecule has 0 radical (unpaired) electrons. The van der Waals surface area contributed by atoms with Crippen LogP contribution in [0.25, 0.3) is 11.3 Å². The molecule has 25 heavy (non-hydrogen) atoms. The molecular formula is C19H16ClNO4. The van der Waals surface area contributed by atoms with E-state index in [1.54, 1.807) is 19.1 Å². The van der Waals surface area contributed by atoms with E-state index in [4.69, 9.17) is 20.8 Å². The van der Waals surface area contributed by atoms with Gasteiger partial charge < -0.3 is 14.3 Å². The molecule has 3 aromatic rings. The molecule has 0 spiro atoms. The third kappa shape index (κ3) is 3.95. The van der Waals surface area contributed by atoms with Crippen LogP contribution in [0.2, 0.25) is 5.02 Å². The number of hydrogen-bond donors (Lipinski definition) is 2. The maximum atomic E-state index is 12.2. The quantitative estimate of drug-likeness (QED) is 0.636. The topological polar surface area (TPSA) is 71.7 Å². The number of ether oxygens (including phenoxy) is 1. The number of phenolic OH excluding ortho intramolecular Hbond substituents is 1. The second-order valence-corrected chi connectivity index (χ2v) is 5.83. The van der Waals surface area contributed by atoms with Crippen LogP contribution < -0.4 is 5.32 Å². The fraction of sp³-hybridized carbons (Fsp3) is 0.105. The number of halogens is 1. The highest BCUT2D eigenvalue weighted by molar-refractivity contribution is 6.34. The van der Waals surface area contributed by atoms with E-state index in [0.29, 0.717) is 17.0 Å². The van der Waals surface area contributed by atoms with E-state index in [0.717, 1.165) is 5.56 Å². The summed E-state index contributed by atoms with van der Waals surface area (Å²) in [6.07, 6.45) is 0.281. The van der Waals surface area contributed by atoms with Crippen molar-refractivity contribution in [3.63, 3.8) is 0 Å². The molecule has 128 valence electrons. The molecule has 0 aliphatic carbocycles. The molecule has 1 atom stereocenters. The molecule has 2 N–H and O–H groups in total. The minimum absolute atomic E-state index is 0.131. The highest BCUT2D eigenvalue weighted by atomic mass is 35.5. The summed E-state index contributed by atoms with van der Waals surface area (Å²) in [5, 5.41) is 12.3. The molecule has 0 aliphatic rings.